The molecule has 6 heteroatoms. The first-order valence-electron chi connectivity index (χ1n) is 7.89. The van der Waals surface area contributed by atoms with Crippen molar-refractivity contribution in [3.63, 3.8) is 0 Å². The van der Waals surface area contributed by atoms with Crippen molar-refractivity contribution in [2.45, 2.75) is 31.7 Å². The van der Waals surface area contributed by atoms with Gasteiger partial charge in [-0.05, 0) is 44.2 Å². The normalized spacial score (nSPS) is 25.0. The van der Waals surface area contributed by atoms with E-state index in [9.17, 15) is 12.8 Å². The molecule has 1 aromatic carbocycles. The lowest BCUT2D eigenvalue weighted by Gasteiger charge is -2.25. The topological polar surface area (TPSA) is 55.4 Å². The van der Waals surface area contributed by atoms with Gasteiger partial charge < -0.3 is 10.1 Å². The molecule has 2 aliphatic heterocycles. The number of hydrogen-bond donors (Lipinski definition) is 1. The Morgan fingerprint density at radius 2 is 2.00 bits per heavy atom. The third-order valence-corrected chi connectivity index (χ3v) is 6.29. The molecule has 0 unspecified atom stereocenters. The molecule has 0 spiro atoms. The maximum Gasteiger partial charge on any atom is 0.150 e. The Morgan fingerprint density at radius 1 is 1.23 bits per heavy atom. The number of benzene rings is 1. The lowest BCUT2D eigenvalue weighted by atomic mass is 9.98. The van der Waals surface area contributed by atoms with Gasteiger partial charge in [-0.3, -0.25) is 0 Å². The van der Waals surface area contributed by atoms with E-state index in [2.05, 4.69) is 5.32 Å². The maximum atomic E-state index is 13.3. The number of fused-ring (bicyclic) bond motifs is 1. The Bertz CT molecular complexity index is 618. The molecule has 1 aromatic rings. The smallest absolute Gasteiger partial charge is 0.150 e. The summed E-state index contributed by atoms with van der Waals surface area (Å²) in [5.41, 5.74) is 1.00. The molecule has 0 saturated carbocycles. The van der Waals surface area contributed by atoms with Crippen LogP contribution in [0, 0.1) is 11.7 Å². The van der Waals surface area contributed by atoms with Crippen LogP contribution >= 0.6 is 0 Å². The Hall–Kier alpha value is -1.14. The molecule has 2 aliphatic rings. The van der Waals surface area contributed by atoms with Crippen molar-refractivity contribution in [2.75, 3.05) is 24.7 Å². The summed E-state index contributed by atoms with van der Waals surface area (Å²) in [5, 5.41) is 3.54. The van der Waals surface area contributed by atoms with Crippen molar-refractivity contribution in [3.8, 4) is 5.75 Å². The second-order valence-corrected chi connectivity index (χ2v) is 8.53. The summed E-state index contributed by atoms with van der Waals surface area (Å²) in [7, 11) is -2.81. The van der Waals surface area contributed by atoms with Crippen LogP contribution in [0.4, 0.5) is 4.39 Å². The zero-order valence-electron chi connectivity index (χ0n) is 12.6. The molecule has 2 heterocycles. The van der Waals surface area contributed by atoms with Gasteiger partial charge >= 0.3 is 0 Å². The first-order valence-corrected chi connectivity index (χ1v) is 9.72. The Balaban J connectivity index is 1.63. The Labute approximate surface area is 131 Å². The fourth-order valence-corrected chi connectivity index (χ4v) is 4.80. The first kappa shape index (κ1) is 15.7. The number of rotatable bonds is 3. The van der Waals surface area contributed by atoms with Gasteiger partial charge in [0, 0.05) is 17.7 Å². The summed E-state index contributed by atoms with van der Waals surface area (Å²) in [6.45, 7) is 1.41. The molecule has 0 bridgehead atoms. The molecule has 4 nitrogen and oxygen atoms in total. The lowest BCUT2D eigenvalue weighted by molar-refractivity contribution is 0.313. The highest BCUT2D eigenvalue weighted by molar-refractivity contribution is 7.91. The number of ether oxygens (including phenoxy) is 1. The number of nitrogens with one attached hydrogen (secondary N) is 1. The van der Waals surface area contributed by atoms with Crippen LogP contribution < -0.4 is 10.1 Å². The van der Waals surface area contributed by atoms with E-state index in [0.29, 0.717) is 29.8 Å². The number of hydrogen-bond acceptors (Lipinski definition) is 4. The van der Waals surface area contributed by atoms with E-state index >= 15 is 0 Å². The molecule has 122 valence electrons. The molecular formula is C16H22FNO3S. The van der Waals surface area contributed by atoms with E-state index in [1.165, 1.54) is 12.1 Å². The molecule has 1 atom stereocenters. The van der Waals surface area contributed by atoms with Gasteiger partial charge in [-0.15, -0.1) is 0 Å². The highest BCUT2D eigenvalue weighted by atomic mass is 32.2. The summed E-state index contributed by atoms with van der Waals surface area (Å²) in [6.07, 6.45) is 3.33. The van der Waals surface area contributed by atoms with Gasteiger partial charge in [0.25, 0.3) is 0 Å². The second-order valence-electron chi connectivity index (χ2n) is 6.23. The van der Waals surface area contributed by atoms with Crippen molar-refractivity contribution in [1.29, 1.82) is 0 Å². The summed E-state index contributed by atoms with van der Waals surface area (Å²) >= 11 is 0. The molecule has 1 fully saturated rings. The van der Waals surface area contributed by atoms with Crippen LogP contribution in [0.25, 0.3) is 0 Å². The quantitative estimate of drug-likeness (QED) is 0.926. The average molecular weight is 327 g/mol. The van der Waals surface area contributed by atoms with Crippen LogP contribution in [0.1, 0.15) is 37.3 Å². The van der Waals surface area contributed by atoms with Crippen LogP contribution in [-0.2, 0) is 9.84 Å². The molecule has 0 aromatic heterocycles. The fraction of sp³-hybridized carbons (Fsp3) is 0.625. The monoisotopic (exact) mass is 327 g/mol. The predicted molar refractivity (Wildman–Crippen MR) is 83.3 cm³/mol. The summed E-state index contributed by atoms with van der Waals surface area (Å²) in [6, 6.07) is 4.85. The van der Waals surface area contributed by atoms with E-state index < -0.39 is 9.84 Å². The maximum absolute atomic E-state index is 13.3. The largest absolute Gasteiger partial charge is 0.493 e. The minimum absolute atomic E-state index is 0.150. The van der Waals surface area contributed by atoms with Crippen molar-refractivity contribution < 1.29 is 17.5 Å². The van der Waals surface area contributed by atoms with Gasteiger partial charge in [0.1, 0.15) is 21.4 Å². The van der Waals surface area contributed by atoms with Gasteiger partial charge in [0.2, 0.25) is 0 Å². The molecule has 0 amide bonds. The fourth-order valence-electron chi connectivity index (χ4n) is 3.21. The van der Waals surface area contributed by atoms with Gasteiger partial charge in [0.15, 0.2) is 0 Å². The highest BCUT2D eigenvalue weighted by Gasteiger charge is 2.25. The summed E-state index contributed by atoms with van der Waals surface area (Å²) < 4.78 is 41.9. The first-order chi connectivity index (χ1) is 10.5. The molecular weight excluding hydrogens is 305 g/mol. The van der Waals surface area contributed by atoms with Gasteiger partial charge in [-0.1, -0.05) is 6.07 Å². The SMILES string of the molecule is O=S1(=O)CCC(CN[C@@H]2CCCOc3cc(F)ccc32)CC1. The van der Waals surface area contributed by atoms with Crippen molar-refractivity contribution >= 4 is 9.84 Å². The van der Waals surface area contributed by atoms with E-state index in [0.717, 1.165) is 37.8 Å². The summed E-state index contributed by atoms with van der Waals surface area (Å²) in [4.78, 5) is 0. The van der Waals surface area contributed by atoms with Crippen LogP contribution in [0.2, 0.25) is 0 Å². The van der Waals surface area contributed by atoms with Gasteiger partial charge in [-0.25, -0.2) is 12.8 Å². The van der Waals surface area contributed by atoms with Crippen molar-refractivity contribution in [2.24, 2.45) is 5.92 Å². The average Bonchev–Trinajstić information content (AvgIpc) is 2.68. The third kappa shape index (κ3) is 3.79. The minimum Gasteiger partial charge on any atom is -0.493 e. The molecule has 22 heavy (non-hydrogen) atoms. The third-order valence-electron chi connectivity index (χ3n) is 4.57. The second kappa shape index (κ2) is 6.54. The van der Waals surface area contributed by atoms with Gasteiger partial charge in [0.05, 0.1) is 18.1 Å². The standard InChI is InChI=1S/C16H22FNO3S/c17-13-3-4-14-15(2-1-7-21-16(14)10-13)18-11-12-5-8-22(19,20)9-6-12/h3-4,10,12,15,18H,1-2,5-9,11H2/t15-/m1/s1. The van der Waals surface area contributed by atoms with Gasteiger partial charge in [-0.2, -0.15) is 0 Å². The predicted octanol–water partition coefficient (Wildman–Crippen LogP) is 2.45. The highest BCUT2D eigenvalue weighted by Crippen LogP contribution is 2.32. The molecule has 0 aliphatic carbocycles. The van der Waals surface area contributed by atoms with E-state index in [1.807, 2.05) is 0 Å². The number of halogens is 1. The lowest BCUT2D eigenvalue weighted by Crippen LogP contribution is -2.32. The summed E-state index contributed by atoms with van der Waals surface area (Å²) in [5.74, 6) is 1.35. The van der Waals surface area contributed by atoms with Crippen LogP contribution in [0.15, 0.2) is 18.2 Å². The molecule has 3 rings (SSSR count). The number of sulfone groups is 1. The van der Waals surface area contributed by atoms with E-state index in [1.54, 1.807) is 6.07 Å². The molecule has 1 N–H and O–H groups in total. The van der Waals surface area contributed by atoms with Crippen molar-refractivity contribution in [3.05, 3.63) is 29.6 Å². The molecule has 1 saturated heterocycles. The van der Waals surface area contributed by atoms with Crippen molar-refractivity contribution in [1.82, 2.24) is 5.32 Å². The Morgan fingerprint density at radius 3 is 2.77 bits per heavy atom. The molecule has 0 radical (unpaired) electrons. The van der Waals surface area contributed by atoms with Crippen LogP contribution in [0.3, 0.4) is 0 Å². The zero-order chi connectivity index (χ0) is 15.6. The minimum atomic E-state index is -2.81. The zero-order valence-corrected chi connectivity index (χ0v) is 13.4. The Kier molecular flexibility index (Phi) is 4.68. The van der Waals surface area contributed by atoms with E-state index in [-0.39, 0.29) is 11.9 Å². The van der Waals surface area contributed by atoms with Crippen LogP contribution in [0.5, 0.6) is 5.75 Å². The van der Waals surface area contributed by atoms with Crippen LogP contribution in [-0.4, -0.2) is 33.1 Å². The van der Waals surface area contributed by atoms with E-state index in [4.69, 9.17) is 4.74 Å².